The minimum Gasteiger partial charge on any atom is -0.378 e. The van der Waals surface area contributed by atoms with Crippen LogP contribution < -0.4 is 5.32 Å². The predicted octanol–water partition coefficient (Wildman–Crippen LogP) is 2.55. The van der Waals surface area contributed by atoms with E-state index in [-0.39, 0.29) is 0 Å². The van der Waals surface area contributed by atoms with Gasteiger partial charge in [-0.25, -0.2) is 4.98 Å². The smallest absolute Gasteiger partial charge is 0.254 e. The van der Waals surface area contributed by atoms with Crippen molar-refractivity contribution < 1.29 is 8.95 Å². The standard InChI is InChI=1S/C15H16ClN5O2S/c1-23-7-12-6-14(21-15(20-12)17-9-18-21)19-11-3-4-13(16)10(5-11)8-24(2)22/h3-6,9,19H,7-8H2,1-2H3. The molecule has 24 heavy (non-hydrogen) atoms. The minimum atomic E-state index is -0.970. The first-order valence-electron chi connectivity index (χ1n) is 7.11. The zero-order chi connectivity index (χ0) is 17.1. The second kappa shape index (κ2) is 7.25. The summed E-state index contributed by atoms with van der Waals surface area (Å²) in [6.45, 7) is 0.374. The number of aromatic nitrogens is 4. The van der Waals surface area contributed by atoms with Crippen molar-refractivity contribution in [1.29, 1.82) is 0 Å². The number of hydrogen-bond donors (Lipinski definition) is 1. The summed E-state index contributed by atoms with van der Waals surface area (Å²) in [5.41, 5.74) is 2.37. The van der Waals surface area contributed by atoms with E-state index in [2.05, 4.69) is 20.4 Å². The van der Waals surface area contributed by atoms with Crippen LogP contribution in [-0.2, 0) is 27.9 Å². The van der Waals surface area contributed by atoms with Gasteiger partial charge in [-0.2, -0.15) is 14.6 Å². The van der Waals surface area contributed by atoms with E-state index in [4.69, 9.17) is 16.3 Å². The third-order valence-corrected chi connectivity index (χ3v) is 4.36. The largest absolute Gasteiger partial charge is 0.378 e. The predicted molar refractivity (Wildman–Crippen MR) is 94.0 cm³/mol. The number of fused-ring (bicyclic) bond motifs is 1. The number of halogens is 1. The van der Waals surface area contributed by atoms with Crippen LogP contribution in [0.25, 0.3) is 5.78 Å². The highest BCUT2D eigenvalue weighted by atomic mass is 35.5. The van der Waals surface area contributed by atoms with Gasteiger partial charge in [0.05, 0.1) is 12.3 Å². The van der Waals surface area contributed by atoms with Crippen LogP contribution in [0.3, 0.4) is 0 Å². The van der Waals surface area contributed by atoms with E-state index in [9.17, 15) is 4.21 Å². The lowest BCUT2D eigenvalue weighted by Crippen LogP contribution is -2.05. The molecule has 0 saturated carbocycles. The maximum atomic E-state index is 11.5. The second-order valence-corrected chi connectivity index (χ2v) is 7.03. The van der Waals surface area contributed by atoms with E-state index in [1.165, 1.54) is 6.33 Å². The molecule has 3 rings (SSSR count). The van der Waals surface area contributed by atoms with Gasteiger partial charge in [0.2, 0.25) is 0 Å². The van der Waals surface area contributed by atoms with Crippen molar-refractivity contribution in [3.63, 3.8) is 0 Å². The lowest BCUT2D eigenvalue weighted by molar-refractivity contribution is 0.181. The summed E-state index contributed by atoms with van der Waals surface area (Å²) in [5.74, 6) is 1.59. The fourth-order valence-corrected chi connectivity index (χ4v) is 3.24. The number of benzene rings is 1. The fourth-order valence-electron chi connectivity index (χ4n) is 2.30. The highest BCUT2D eigenvalue weighted by Crippen LogP contribution is 2.24. The van der Waals surface area contributed by atoms with E-state index < -0.39 is 10.8 Å². The van der Waals surface area contributed by atoms with Crippen molar-refractivity contribution in [2.24, 2.45) is 0 Å². The number of nitrogens with zero attached hydrogens (tertiary/aromatic N) is 4. The van der Waals surface area contributed by atoms with E-state index in [1.54, 1.807) is 23.9 Å². The van der Waals surface area contributed by atoms with Crippen LogP contribution in [0.1, 0.15) is 11.3 Å². The van der Waals surface area contributed by atoms with Crippen LogP contribution in [-0.4, -0.2) is 37.2 Å². The first-order valence-corrected chi connectivity index (χ1v) is 9.21. The van der Waals surface area contributed by atoms with E-state index in [0.29, 0.717) is 29.0 Å². The quantitative estimate of drug-likeness (QED) is 0.723. The molecule has 0 fully saturated rings. The summed E-state index contributed by atoms with van der Waals surface area (Å²) >= 11 is 6.17. The number of hydrogen-bond acceptors (Lipinski definition) is 6. The van der Waals surface area contributed by atoms with Crippen LogP contribution in [0.15, 0.2) is 30.6 Å². The molecule has 1 atom stereocenters. The van der Waals surface area contributed by atoms with Gasteiger partial charge < -0.3 is 10.1 Å². The Kier molecular flexibility index (Phi) is 5.08. The molecule has 0 aliphatic carbocycles. The molecule has 1 N–H and O–H groups in total. The molecule has 9 heteroatoms. The average molecular weight is 366 g/mol. The van der Waals surface area contributed by atoms with E-state index in [0.717, 1.165) is 16.9 Å². The normalized spacial score (nSPS) is 12.5. The molecule has 2 aromatic heterocycles. The first kappa shape index (κ1) is 16.8. The van der Waals surface area contributed by atoms with Gasteiger partial charge in [-0.3, -0.25) is 4.21 Å². The number of ether oxygens (including phenoxy) is 1. The van der Waals surface area contributed by atoms with E-state index in [1.807, 2.05) is 18.2 Å². The fraction of sp³-hybridized carbons (Fsp3) is 0.267. The van der Waals surface area contributed by atoms with Gasteiger partial charge in [0.1, 0.15) is 12.1 Å². The van der Waals surface area contributed by atoms with Crippen molar-refractivity contribution in [3.8, 4) is 0 Å². The molecular formula is C15H16ClN5O2S. The Balaban J connectivity index is 1.97. The Bertz CT molecular complexity index is 899. The average Bonchev–Trinajstić information content (AvgIpc) is 2.99. The van der Waals surface area contributed by atoms with Gasteiger partial charge in [0.25, 0.3) is 5.78 Å². The molecular weight excluding hydrogens is 350 g/mol. The molecule has 0 radical (unpaired) electrons. The zero-order valence-electron chi connectivity index (χ0n) is 13.2. The number of nitrogens with one attached hydrogen (secondary N) is 1. The van der Waals surface area contributed by atoms with Crippen molar-refractivity contribution in [1.82, 2.24) is 19.6 Å². The Morgan fingerprint density at radius 3 is 2.96 bits per heavy atom. The highest BCUT2D eigenvalue weighted by molar-refractivity contribution is 7.83. The summed E-state index contributed by atoms with van der Waals surface area (Å²) in [4.78, 5) is 8.48. The summed E-state index contributed by atoms with van der Waals surface area (Å²) in [6, 6.07) is 7.35. The molecule has 7 nitrogen and oxygen atoms in total. The zero-order valence-corrected chi connectivity index (χ0v) is 14.8. The summed E-state index contributed by atoms with van der Waals surface area (Å²) in [5, 5.41) is 8.04. The van der Waals surface area contributed by atoms with Gasteiger partial charge in [-0.1, -0.05) is 11.6 Å². The molecule has 0 amide bonds. The Morgan fingerprint density at radius 1 is 1.38 bits per heavy atom. The van der Waals surface area contributed by atoms with Gasteiger partial charge in [0, 0.05) is 46.7 Å². The van der Waals surface area contributed by atoms with Crippen molar-refractivity contribution >= 4 is 39.7 Å². The second-order valence-electron chi connectivity index (χ2n) is 5.19. The van der Waals surface area contributed by atoms with Crippen LogP contribution in [0.4, 0.5) is 11.5 Å². The van der Waals surface area contributed by atoms with E-state index >= 15 is 0 Å². The van der Waals surface area contributed by atoms with Crippen molar-refractivity contribution in [2.75, 3.05) is 18.7 Å². The molecule has 0 aliphatic heterocycles. The maximum Gasteiger partial charge on any atom is 0.254 e. The van der Waals surface area contributed by atoms with Crippen molar-refractivity contribution in [3.05, 3.63) is 46.9 Å². The third kappa shape index (κ3) is 3.72. The third-order valence-electron chi connectivity index (χ3n) is 3.27. The summed E-state index contributed by atoms with van der Waals surface area (Å²) < 4.78 is 18.2. The topological polar surface area (TPSA) is 81.4 Å². The number of anilines is 2. The molecule has 0 bridgehead atoms. The van der Waals surface area contributed by atoms with Crippen LogP contribution in [0.2, 0.25) is 5.02 Å². The van der Waals surface area contributed by atoms with Crippen LogP contribution >= 0.6 is 11.6 Å². The van der Waals surface area contributed by atoms with Crippen LogP contribution in [0.5, 0.6) is 0 Å². The molecule has 2 heterocycles. The Morgan fingerprint density at radius 2 is 2.21 bits per heavy atom. The summed E-state index contributed by atoms with van der Waals surface area (Å²) in [7, 11) is 0.640. The molecule has 126 valence electrons. The lowest BCUT2D eigenvalue weighted by atomic mass is 10.2. The molecule has 0 saturated heterocycles. The van der Waals surface area contributed by atoms with Gasteiger partial charge in [0.15, 0.2) is 0 Å². The number of methoxy groups -OCH3 is 1. The van der Waals surface area contributed by atoms with Crippen molar-refractivity contribution in [2.45, 2.75) is 12.4 Å². The maximum absolute atomic E-state index is 11.5. The molecule has 0 spiro atoms. The molecule has 0 aliphatic rings. The lowest BCUT2D eigenvalue weighted by Gasteiger charge is -2.11. The first-order chi connectivity index (χ1) is 11.6. The van der Waals surface area contributed by atoms with Crippen LogP contribution in [0, 0.1) is 0 Å². The van der Waals surface area contributed by atoms with Gasteiger partial charge in [-0.05, 0) is 23.8 Å². The molecule has 3 aromatic rings. The molecule has 1 aromatic carbocycles. The molecule has 1 unspecified atom stereocenters. The number of rotatable bonds is 6. The van der Waals surface area contributed by atoms with Gasteiger partial charge >= 0.3 is 0 Å². The SMILES string of the molecule is COCc1cc(Nc2ccc(Cl)c(CS(C)=O)c2)n2ncnc2n1. The minimum absolute atomic E-state index is 0.374. The highest BCUT2D eigenvalue weighted by Gasteiger charge is 2.10. The Hall–Kier alpha value is -2.03. The van der Waals surface area contributed by atoms with Gasteiger partial charge in [-0.15, -0.1) is 0 Å². The Labute approximate surface area is 146 Å². The monoisotopic (exact) mass is 365 g/mol. The summed E-state index contributed by atoms with van der Waals surface area (Å²) in [6.07, 6.45) is 3.09.